The predicted octanol–water partition coefficient (Wildman–Crippen LogP) is 0.664. The molecule has 0 saturated heterocycles. The second-order valence-corrected chi connectivity index (χ2v) is 4.83. The Morgan fingerprint density at radius 3 is 2.27 bits per heavy atom. The standard InChI is InChI=1S/C9H14N2O2S.ClH/c1-7-8(5-10)3-2-4-9(7)6-14(11,12)13;/h2-4H,5-6,10H2,1H3,(H2,11,12,13);1H. The Morgan fingerprint density at radius 1 is 1.27 bits per heavy atom. The summed E-state index contributed by atoms with van der Waals surface area (Å²) in [6.45, 7) is 2.26. The molecular weight excluding hydrogens is 236 g/mol. The van der Waals surface area contributed by atoms with E-state index in [4.69, 9.17) is 10.9 Å². The van der Waals surface area contributed by atoms with Gasteiger partial charge in [0.25, 0.3) is 0 Å². The molecule has 0 saturated carbocycles. The van der Waals surface area contributed by atoms with Crippen molar-refractivity contribution >= 4 is 22.4 Å². The van der Waals surface area contributed by atoms with E-state index in [-0.39, 0.29) is 18.2 Å². The second-order valence-electron chi connectivity index (χ2n) is 3.21. The first-order valence-electron chi connectivity index (χ1n) is 4.22. The lowest BCUT2D eigenvalue weighted by molar-refractivity contribution is 0.597. The van der Waals surface area contributed by atoms with Crippen LogP contribution in [0, 0.1) is 6.92 Å². The zero-order valence-corrected chi connectivity index (χ0v) is 10.1. The van der Waals surface area contributed by atoms with Crippen molar-refractivity contribution < 1.29 is 8.42 Å². The van der Waals surface area contributed by atoms with Crippen LogP contribution in [0.4, 0.5) is 0 Å². The molecule has 0 bridgehead atoms. The van der Waals surface area contributed by atoms with E-state index in [1.165, 1.54) is 0 Å². The quantitative estimate of drug-likeness (QED) is 0.827. The van der Waals surface area contributed by atoms with Crippen LogP contribution in [0.5, 0.6) is 0 Å². The maximum absolute atomic E-state index is 10.9. The number of hydrogen-bond acceptors (Lipinski definition) is 3. The molecule has 86 valence electrons. The van der Waals surface area contributed by atoms with Gasteiger partial charge >= 0.3 is 0 Å². The van der Waals surface area contributed by atoms with Gasteiger partial charge in [0.05, 0.1) is 5.75 Å². The molecule has 1 rings (SSSR count). The third-order valence-electron chi connectivity index (χ3n) is 2.13. The highest BCUT2D eigenvalue weighted by atomic mass is 35.5. The fourth-order valence-electron chi connectivity index (χ4n) is 1.33. The lowest BCUT2D eigenvalue weighted by atomic mass is 10.0. The fourth-order valence-corrected chi connectivity index (χ4v) is 2.08. The van der Waals surface area contributed by atoms with Crippen molar-refractivity contribution in [2.75, 3.05) is 0 Å². The van der Waals surface area contributed by atoms with Gasteiger partial charge in [-0.15, -0.1) is 12.4 Å². The fraction of sp³-hybridized carbons (Fsp3) is 0.333. The minimum atomic E-state index is -3.47. The van der Waals surface area contributed by atoms with Crippen LogP contribution in [-0.4, -0.2) is 8.42 Å². The highest BCUT2D eigenvalue weighted by Crippen LogP contribution is 2.14. The average molecular weight is 251 g/mol. The SMILES string of the molecule is Cc1c(CN)cccc1CS(N)(=O)=O.Cl. The van der Waals surface area contributed by atoms with Crippen molar-refractivity contribution in [1.29, 1.82) is 0 Å². The molecule has 4 nitrogen and oxygen atoms in total. The minimum absolute atomic E-state index is 0. The number of rotatable bonds is 3. The Hall–Kier alpha value is -0.620. The molecule has 15 heavy (non-hydrogen) atoms. The van der Waals surface area contributed by atoms with Crippen LogP contribution in [-0.2, 0) is 22.3 Å². The first kappa shape index (κ1) is 14.4. The molecule has 0 aliphatic rings. The summed E-state index contributed by atoms with van der Waals surface area (Å²) in [4.78, 5) is 0. The van der Waals surface area contributed by atoms with Crippen molar-refractivity contribution in [3.8, 4) is 0 Å². The van der Waals surface area contributed by atoms with E-state index < -0.39 is 10.0 Å². The van der Waals surface area contributed by atoms with E-state index in [9.17, 15) is 8.42 Å². The van der Waals surface area contributed by atoms with Gasteiger partial charge < -0.3 is 5.73 Å². The van der Waals surface area contributed by atoms with Gasteiger partial charge in [-0.3, -0.25) is 0 Å². The van der Waals surface area contributed by atoms with Crippen LogP contribution in [0.2, 0.25) is 0 Å². The predicted molar refractivity (Wildman–Crippen MR) is 63.1 cm³/mol. The summed E-state index contributed by atoms with van der Waals surface area (Å²) in [5.41, 5.74) is 8.08. The summed E-state index contributed by atoms with van der Waals surface area (Å²) >= 11 is 0. The van der Waals surface area contributed by atoms with Crippen LogP contribution in [0.1, 0.15) is 16.7 Å². The van der Waals surface area contributed by atoms with E-state index in [1.807, 2.05) is 13.0 Å². The summed E-state index contributed by atoms with van der Waals surface area (Å²) < 4.78 is 21.8. The maximum Gasteiger partial charge on any atom is 0.213 e. The van der Waals surface area contributed by atoms with E-state index in [2.05, 4.69) is 0 Å². The van der Waals surface area contributed by atoms with Crippen molar-refractivity contribution in [3.05, 3.63) is 34.9 Å². The molecule has 0 aliphatic carbocycles. The molecular formula is C9H15ClN2O2S. The zero-order chi connectivity index (χ0) is 10.8. The number of benzene rings is 1. The Labute approximate surface area is 96.1 Å². The highest BCUT2D eigenvalue weighted by Gasteiger charge is 2.09. The Bertz CT molecular complexity index is 432. The summed E-state index contributed by atoms with van der Waals surface area (Å²) in [5, 5.41) is 4.97. The van der Waals surface area contributed by atoms with Gasteiger partial charge in [0.1, 0.15) is 0 Å². The first-order chi connectivity index (χ1) is 6.44. The number of halogens is 1. The molecule has 0 unspecified atom stereocenters. The van der Waals surface area contributed by atoms with Gasteiger partial charge in [-0.25, -0.2) is 13.6 Å². The lowest BCUT2D eigenvalue weighted by Crippen LogP contribution is -2.15. The normalized spacial score (nSPS) is 10.9. The van der Waals surface area contributed by atoms with Crippen molar-refractivity contribution in [3.63, 3.8) is 0 Å². The second kappa shape index (κ2) is 5.46. The molecule has 0 amide bonds. The third-order valence-corrected chi connectivity index (χ3v) is 2.85. The summed E-state index contributed by atoms with van der Waals surface area (Å²) in [5.74, 6) is -0.132. The van der Waals surface area contributed by atoms with Gasteiger partial charge in [-0.05, 0) is 23.6 Å². The van der Waals surface area contributed by atoms with Gasteiger partial charge in [0, 0.05) is 6.54 Å². The van der Waals surface area contributed by atoms with Crippen LogP contribution < -0.4 is 10.9 Å². The van der Waals surface area contributed by atoms with Crippen LogP contribution in [0.3, 0.4) is 0 Å². The lowest BCUT2D eigenvalue weighted by Gasteiger charge is -2.08. The molecule has 1 aromatic rings. The number of sulfonamides is 1. The minimum Gasteiger partial charge on any atom is -0.326 e. The molecule has 6 heteroatoms. The van der Waals surface area contributed by atoms with Crippen LogP contribution in [0.15, 0.2) is 18.2 Å². The molecule has 0 aliphatic heterocycles. The third kappa shape index (κ3) is 4.17. The topological polar surface area (TPSA) is 86.2 Å². The maximum atomic E-state index is 10.9. The molecule has 4 N–H and O–H groups in total. The smallest absolute Gasteiger partial charge is 0.213 e. The van der Waals surface area contributed by atoms with Gasteiger partial charge in [0.2, 0.25) is 10.0 Å². The number of primary sulfonamides is 1. The summed E-state index contributed by atoms with van der Waals surface area (Å²) in [6.07, 6.45) is 0. The highest BCUT2D eigenvalue weighted by molar-refractivity contribution is 7.88. The zero-order valence-electron chi connectivity index (χ0n) is 8.43. The van der Waals surface area contributed by atoms with E-state index in [0.717, 1.165) is 16.7 Å². The van der Waals surface area contributed by atoms with Crippen LogP contribution >= 0.6 is 12.4 Å². The van der Waals surface area contributed by atoms with E-state index in [1.54, 1.807) is 12.1 Å². The Kier molecular flexibility index (Phi) is 5.23. The van der Waals surface area contributed by atoms with E-state index >= 15 is 0 Å². The molecule has 0 spiro atoms. The molecule has 0 radical (unpaired) electrons. The summed E-state index contributed by atoms with van der Waals surface area (Å²) in [7, 11) is -3.47. The van der Waals surface area contributed by atoms with Crippen LogP contribution in [0.25, 0.3) is 0 Å². The summed E-state index contributed by atoms with van der Waals surface area (Å²) in [6, 6.07) is 5.41. The van der Waals surface area contributed by atoms with Crippen molar-refractivity contribution in [2.45, 2.75) is 19.2 Å². The molecule has 0 heterocycles. The monoisotopic (exact) mass is 250 g/mol. The molecule has 0 aromatic heterocycles. The van der Waals surface area contributed by atoms with Gasteiger partial charge in [-0.1, -0.05) is 18.2 Å². The average Bonchev–Trinajstić information content (AvgIpc) is 2.06. The molecule has 1 aromatic carbocycles. The largest absolute Gasteiger partial charge is 0.326 e. The van der Waals surface area contributed by atoms with Crippen molar-refractivity contribution in [2.24, 2.45) is 10.9 Å². The Morgan fingerprint density at radius 2 is 1.80 bits per heavy atom. The Balaban J connectivity index is 0.00000196. The van der Waals surface area contributed by atoms with Crippen molar-refractivity contribution in [1.82, 2.24) is 0 Å². The first-order valence-corrected chi connectivity index (χ1v) is 5.93. The van der Waals surface area contributed by atoms with Gasteiger partial charge in [0.15, 0.2) is 0 Å². The van der Waals surface area contributed by atoms with Gasteiger partial charge in [-0.2, -0.15) is 0 Å². The van der Waals surface area contributed by atoms with E-state index in [0.29, 0.717) is 6.54 Å². The number of nitrogens with two attached hydrogens (primary N) is 2. The number of hydrogen-bond donors (Lipinski definition) is 2. The molecule has 0 atom stereocenters. The molecule has 0 fully saturated rings.